The molecule has 1 unspecified atom stereocenters. The van der Waals surface area contributed by atoms with Crippen LogP contribution in [0.3, 0.4) is 0 Å². The monoisotopic (exact) mass is 292 g/mol. The molecule has 0 spiro atoms. The smallest absolute Gasteiger partial charge is 0.317 e. The summed E-state index contributed by atoms with van der Waals surface area (Å²) in [6, 6.07) is 7.41. The number of rotatable bonds is 5. The van der Waals surface area contributed by atoms with E-state index in [1.165, 1.54) is 4.90 Å². The summed E-state index contributed by atoms with van der Waals surface area (Å²) in [5.74, 6) is -0.0373. The largest absolute Gasteiger partial charge is 0.493 e. The maximum Gasteiger partial charge on any atom is 0.317 e. The number of urea groups is 1. The topological polar surface area (TPSA) is 78.9 Å². The number of carbonyl (C=O) groups is 2. The Morgan fingerprint density at radius 1 is 1.43 bits per heavy atom. The summed E-state index contributed by atoms with van der Waals surface area (Å²) in [4.78, 5) is 24.1. The fraction of sp³-hybridized carbons (Fsp3) is 0.467. The minimum Gasteiger partial charge on any atom is -0.493 e. The number of ether oxygens (including phenoxy) is 1. The molecule has 2 rings (SSSR count). The number of aliphatic carboxylic acids is 1. The van der Waals surface area contributed by atoms with Crippen molar-refractivity contribution in [1.82, 2.24) is 10.2 Å². The van der Waals surface area contributed by atoms with Crippen LogP contribution in [0.15, 0.2) is 24.3 Å². The van der Waals surface area contributed by atoms with Gasteiger partial charge in [-0.15, -0.1) is 0 Å². The van der Waals surface area contributed by atoms with Crippen LogP contribution in [0.2, 0.25) is 0 Å². The summed E-state index contributed by atoms with van der Waals surface area (Å²) >= 11 is 0. The van der Waals surface area contributed by atoms with E-state index in [1.807, 2.05) is 24.3 Å². The predicted octanol–water partition coefficient (Wildman–Crippen LogP) is 2.02. The third-order valence-electron chi connectivity index (χ3n) is 3.49. The van der Waals surface area contributed by atoms with Crippen LogP contribution in [-0.2, 0) is 4.79 Å². The van der Waals surface area contributed by atoms with E-state index in [9.17, 15) is 9.59 Å². The van der Waals surface area contributed by atoms with Crippen molar-refractivity contribution >= 4 is 12.0 Å². The number of nitrogens with one attached hydrogen (secondary N) is 1. The number of carboxylic acids is 1. The van der Waals surface area contributed by atoms with Gasteiger partial charge in [-0.1, -0.05) is 18.2 Å². The zero-order valence-corrected chi connectivity index (χ0v) is 12.0. The molecule has 0 aromatic heterocycles. The summed E-state index contributed by atoms with van der Waals surface area (Å²) in [6.07, 6.45) is 1.24. The van der Waals surface area contributed by atoms with Crippen LogP contribution in [0.4, 0.5) is 4.79 Å². The Morgan fingerprint density at radius 2 is 2.19 bits per heavy atom. The zero-order chi connectivity index (χ0) is 15.2. The molecule has 1 aromatic carbocycles. The second kappa shape index (κ2) is 6.97. The summed E-state index contributed by atoms with van der Waals surface area (Å²) in [7, 11) is 1.67. The normalized spacial score (nSPS) is 16.5. The highest BCUT2D eigenvalue weighted by Gasteiger charge is 2.23. The van der Waals surface area contributed by atoms with Crippen LogP contribution in [0.5, 0.6) is 5.75 Å². The first-order valence-electron chi connectivity index (χ1n) is 7.03. The van der Waals surface area contributed by atoms with Gasteiger partial charge in [0.05, 0.1) is 12.6 Å². The van der Waals surface area contributed by atoms with Gasteiger partial charge in [-0.2, -0.15) is 0 Å². The highest BCUT2D eigenvalue weighted by Crippen LogP contribution is 2.31. The van der Waals surface area contributed by atoms with Crippen molar-refractivity contribution in [3.63, 3.8) is 0 Å². The Kier molecular flexibility index (Phi) is 5.03. The molecule has 0 bridgehead atoms. The van der Waals surface area contributed by atoms with Gasteiger partial charge < -0.3 is 20.1 Å². The fourth-order valence-electron chi connectivity index (χ4n) is 2.32. The van der Waals surface area contributed by atoms with Gasteiger partial charge in [0.15, 0.2) is 0 Å². The molecule has 6 heteroatoms. The lowest BCUT2D eigenvalue weighted by molar-refractivity contribution is -0.137. The van der Waals surface area contributed by atoms with Crippen LogP contribution in [0, 0.1) is 0 Å². The van der Waals surface area contributed by atoms with Crippen molar-refractivity contribution in [3.05, 3.63) is 29.8 Å². The molecule has 0 radical (unpaired) electrons. The van der Waals surface area contributed by atoms with Gasteiger partial charge in [0.1, 0.15) is 5.75 Å². The molecule has 1 atom stereocenters. The standard InChI is InChI=1S/C15H20N2O4/c1-17(9-4-7-14(18)19)15(20)16-12-8-10-21-13-6-3-2-5-11(12)13/h2-3,5-6,12H,4,7-10H2,1H3,(H,16,20)(H,18,19). The maximum absolute atomic E-state index is 12.1. The van der Waals surface area contributed by atoms with Gasteiger partial charge in [-0.25, -0.2) is 4.79 Å². The summed E-state index contributed by atoms with van der Waals surface area (Å²) in [5, 5.41) is 11.6. The van der Waals surface area contributed by atoms with Crippen LogP contribution < -0.4 is 10.1 Å². The van der Waals surface area contributed by atoms with Crippen LogP contribution >= 0.6 is 0 Å². The Hall–Kier alpha value is -2.24. The summed E-state index contributed by atoms with van der Waals surface area (Å²) in [6.45, 7) is 0.994. The molecular weight excluding hydrogens is 272 g/mol. The Morgan fingerprint density at radius 3 is 2.95 bits per heavy atom. The summed E-state index contributed by atoms with van der Waals surface area (Å²) < 4.78 is 5.56. The predicted molar refractivity (Wildman–Crippen MR) is 77.3 cm³/mol. The van der Waals surface area contributed by atoms with E-state index < -0.39 is 5.97 Å². The van der Waals surface area contributed by atoms with Crippen molar-refractivity contribution in [2.45, 2.75) is 25.3 Å². The van der Waals surface area contributed by atoms with Gasteiger partial charge >= 0.3 is 12.0 Å². The second-order valence-electron chi connectivity index (χ2n) is 5.10. The highest BCUT2D eigenvalue weighted by molar-refractivity contribution is 5.74. The van der Waals surface area contributed by atoms with Crippen LogP contribution in [0.1, 0.15) is 30.9 Å². The van der Waals surface area contributed by atoms with Gasteiger partial charge in [0.2, 0.25) is 0 Å². The minimum absolute atomic E-state index is 0.0654. The number of fused-ring (bicyclic) bond motifs is 1. The molecule has 6 nitrogen and oxygen atoms in total. The van der Waals surface area contributed by atoms with Crippen molar-refractivity contribution in [3.8, 4) is 5.75 Å². The van der Waals surface area contributed by atoms with Crippen LogP contribution in [-0.4, -0.2) is 42.2 Å². The van der Waals surface area contributed by atoms with E-state index in [-0.39, 0.29) is 18.5 Å². The molecule has 114 valence electrons. The first-order chi connectivity index (χ1) is 10.1. The Labute approximate surface area is 123 Å². The number of para-hydroxylation sites is 1. The first kappa shape index (κ1) is 15.2. The van der Waals surface area contributed by atoms with E-state index in [0.29, 0.717) is 19.6 Å². The molecular formula is C15H20N2O4. The lowest BCUT2D eigenvalue weighted by atomic mass is 10.0. The number of benzene rings is 1. The lowest BCUT2D eigenvalue weighted by Crippen LogP contribution is -2.41. The Bertz CT molecular complexity index is 518. The molecule has 0 fully saturated rings. The van der Waals surface area contributed by atoms with Gasteiger partial charge in [-0.05, 0) is 12.5 Å². The minimum atomic E-state index is -0.845. The SMILES string of the molecule is CN(CCCC(=O)O)C(=O)NC1CCOc2ccccc21. The third-order valence-corrected chi connectivity index (χ3v) is 3.49. The lowest BCUT2D eigenvalue weighted by Gasteiger charge is -2.28. The summed E-state index contributed by atoms with van der Waals surface area (Å²) in [5.41, 5.74) is 0.982. The molecule has 2 N–H and O–H groups in total. The molecule has 21 heavy (non-hydrogen) atoms. The zero-order valence-electron chi connectivity index (χ0n) is 12.0. The molecule has 1 aliphatic rings. The van der Waals surface area contributed by atoms with Crippen molar-refractivity contribution in [1.29, 1.82) is 0 Å². The van der Waals surface area contributed by atoms with Crippen molar-refractivity contribution in [2.75, 3.05) is 20.2 Å². The van der Waals surface area contributed by atoms with Crippen molar-refractivity contribution < 1.29 is 19.4 Å². The Balaban J connectivity index is 1.90. The number of carboxylic acid groups (broad SMARTS) is 1. The average molecular weight is 292 g/mol. The van der Waals surface area contributed by atoms with E-state index in [4.69, 9.17) is 9.84 Å². The molecule has 0 saturated carbocycles. The number of carbonyl (C=O) groups excluding carboxylic acids is 1. The van der Waals surface area contributed by atoms with E-state index in [1.54, 1.807) is 7.05 Å². The van der Waals surface area contributed by atoms with Gasteiger partial charge in [-0.3, -0.25) is 4.79 Å². The number of hydrogen-bond donors (Lipinski definition) is 2. The molecule has 0 aliphatic carbocycles. The third kappa shape index (κ3) is 4.11. The van der Waals surface area contributed by atoms with Gasteiger partial charge in [0, 0.05) is 32.0 Å². The highest BCUT2D eigenvalue weighted by atomic mass is 16.5. The average Bonchev–Trinajstić information content (AvgIpc) is 2.47. The molecule has 1 heterocycles. The van der Waals surface area contributed by atoms with E-state index in [2.05, 4.69) is 5.32 Å². The van der Waals surface area contributed by atoms with Crippen molar-refractivity contribution in [2.24, 2.45) is 0 Å². The van der Waals surface area contributed by atoms with Gasteiger partial charge in [0.25, 0.3) is 0 Å². The molecule has 1 aromatic rings. The van der Waals surface area contributed by atoms with Crippen LogP contribution in [0.25, 0.3) is 0 Å². The first-order valence-corrected chi connectivity index (χ1v) is 7.03. The van der Waals surface area contributed by atoms with E-state index in [0.717, 1.165) is 17.7 Å². The molecule has 1 aliphatic heterocycles. The molecule has 2 amide bonds. The molecule has 0 saturated heterocycles. The number of hydrogen-bond acceptors (Lipinski definition) is 3. The maximum atomic E-state index is 12.1. The fourth-order valence-corrected chi connectivity index (χ4v) is 2.32. The quantitative estimate of drug-likeness (QED) is 0.870. The number of nitrogens with zero attached hydrogens (tertiary/aromatic N) is 1. The second-order valence-corrected chi connectivity index (χ2v) is 5.10. The number of amides is 2. The van der Waals surface area contributed by atoms with E-state index >= 15 is 0 Å².